The van der Waals surface area contributed by atoms with Gasteiger partial charge in [0.1, 0.15) is 0 Å². The minimum absolute atomic E-state index is 0.0827. The van der Waals surface area contributed by atoms with Crippen molar-refractivity contribution in [1.29, 1.82) is 0 Å². The molecule has 0 saturated carbocycles. The maximum absolute atomic E-state index is 13.2. The number of phenolic OH excluding ortho intramolecular Hbond substituents is 1. The average Bonchev–Trinajstić information content (AvgIpc) is 2.21. The highest BCUT2D eigenvalue weighted by atomic mass is 19.1. The Kier molecular flexibility index (Phi) is 5.09. The monoisotopic (exact) mass is 255 g/mol. The molecule has 1 aromatic rings. The van der Waals surface area contributed by atoms with E-state index < -0.39 is 17.5 Å². The molecule has 0 fully saturated rings. The average molecular weight is 255 g/mol. The number of carbonyl (C=O) groups is 1. The third-order valence-electron chi connectivity index (χ3n) is 2.40. The summed E-state index contributed by atoms with van der Waals surface area (Å²) in [5.41, 5.74) is 0.646. The largest absolute Gasteiger partial charge is 0.505 e. The van der Waals surface area contributed by atoms with Gasteiger partial charge in [-0.25, -0.2) is 4.39 Å². The quantitative estimate of drug-likeness (QED) is 0.817. The second-order valence-corrected chi connectivity index (χ2v) is 4.74. The molecule has 0 aliphatic rings. The van der Waals surface area contributed by atoms with E-state index in [0.29, 0.717) is 24.6 Å². The van der Waals surface area contributed by atoms with Crippen LogP contribution in [0.2, 0.25) is 0 Å². The molecule has 1 rings (SSSR count). The van der Waals surface area contributed by atoms with Gasteiger partial charge in [-0.3, -0.25) is 9.69 Å². The second-order valence-electron chi connectivity index (χ2n) is 4.74. The number of rotatable bonds is 6. The molecule has 0 aliphatic heterocycles. The van der Waals surface area contributed by atoms with Gasteiger partial charge in [-0.05, 0) is 23.6 Å². The van der Waals surface area contributed by atoms with E-state index in [4.69, 9.17) is 10.2 Å². The summed E-state index contributed by atoms with van der Waals surface area (Å²) in [6, 6.07) is 4.09. The zero-order valence-corrected chi connectivity index (χ0v) is 10.6. The molecule has 0 radical (unpaired) electrons. The molecule has 0 aliphatic carbocycles. The zero-order valence-electron chi connectivity index (χ0n) is 10.6. The molecular weight excluding hydrogens is 237 g/mol. The van der Waals surface area contributed by atoms with E-state index in [1.807, 2.05) is 13.8 Å². The van der Waals surface area contributed by atoms with Crippen LogP contribution in [-0.2, 0) is 11.3 Å². The third kappa shape index (κ3) is 4.71. The first-order valence-electron chi connectivity index (χ1n) is 5.80. The summed E-state index contributed by atoms with van der Waals surface area (Å²) in [5, 5.41) is 17.9. The van der Waals surface area contributed by atoms with Gasteiger partial charge >= 0.3 is 5.97 Å². The standard InChI is InChI=1S/C13H18FNO3/c1-9(2)6-15(8-13(17)18)7-10-3-4-12(16)11(14)5-10/h3-5,9,16H,6-8H2,1-2H3,(H,17,18). The van der Waals surface area contributed by atoms with E-state index in [1.54, 1.807) is 11.0 Å². The van der Waals surface area contributed by atoms with Crippen molar-refractivity contribution >= 4 is 5.97 Å². The first-order chi connectivity index (χ1) is 8.38. The minimum atomic E-state index is -0.907. The van der Waals surface area contributed by atoms with Crippen LogP contribution in [0.1, 0.15) is 19.4 Å². The number of benzene rings is 1. The highest BCUT2D eigenvalue weighted by molar-refractivity contribution is 5.69. The summed E-state index contributed by atoms with van der Waals surface area (Å²) in [5.74, 6) is -1.67. The van der Waals surface area contributed by atoms with Gasteiger partial charge in [0.05, 0.1) is 6.54 Å². The normalized spacial score (nSPS) is 11.2. The van der Waals surface area contributed by atoms with Gasteiger partial charge in [0.25, 0.3) is 0 Å². The molecule has 0 spiro atoms. The summed E-state index contributed by atoms with van der Waals surface area (Å²) in [6.07, 6.45) is 0. The number of nitrogens with zero attached hydrogens (tertiary/aromatic N) is 1. The number of aliphatic carboxylic acids is 1. The maximum atomic E-state index is 13.2. The van der Waals surface area contributed by atoms with Crippen LogP contribution in [0.5, 0.6) is 5.75 Å². The van der Waals surface area contributed by atoms with Crippen molar-refractivity contribution < 1.29 is 19.4 Å². The predicted octanol–water partition coefficient (Wildman–Crippen LogP) is 2.07. The highest BCUT2D eigenvalue weighted by Crippen LogP contribution is 2.17. The van der Waals surface area contributed by atoms with E-state index in [1.165, 1.54) is 12.1 Å². The number of phenols is 1. The maximum Gasteiger partial charge on any atom is 0.317 e. The van der Waals surface area contributed by atoms with Gasteiger partial charge in [-0.1, -0.05) is 19.9 Å². The Balaban J connectivity index is 2.74. The molecular formula is C13H18FNO3. The minimum Gasteiger partial charge on any atom is -0.505 e. The number of halogens is 1. The summed E-state index contributed by atoms with van der Waals surface area (Å²) < 4.78 is 13.2. The topological polar surface area (TPSA) is 60.8 Å². The van der Waals surface area contributed by atoms with Crippen LogP contribution in [0.3, 0.4) is 0 Å². The van der Waals surface area contributed by atoms with E-state index >= 15 is 0 Å². The molecule has 0 bridgehead atoms. The van der Waals surface area contributed by atoms with E-state index in [-0.39, 0.29) is 6.54 Å². The molecule has 18 heavy (non-hydrogen) atoms. The number of carboxylic acid groups (broad SMARTS) is 1. The Morgan fingerprint density at radius 3 is 2.61 bits per heavy atom. The van der Waals surface area contributed by atoms with Gasteiger partial charge in [-0.2, -0.15) is 0 Å². The van der Waals surface area contributed by atoms with Crippen LogP contribution < -0.4 is 0 Å². The molecule has 4 nitrogen and oxygen atoms in total. The molecule has 0 amide bonds. The number of aromatic hydroxyl groups is 1. The van der Waals surface area contributed by atoms with Crippen LogP contribution in [0.25, 0.3) is 0 Å². The van der Waals surface area contributed by atoms with Gasteiger partial charge in [0.15, 0.2) is 11.6 Å². The summed E-state index contributed by atoms with van der Waals surface area (Å²) >= 11 is 0. The van der Waals surface area contributed by atoms with Gasteiger partial charge < -0.3 is 10.2 Å². The second kappa shape index (κ2) is 6.35. The molecule has 5 heteroatoms. The Labute approximate surface area is 106 Å². The first kappa shape index (κ1) is 14.4. The SMILES string of the molecule is CC(C)CN(CC(=O)O)Cc1ccc(O)c(F)c1. The van der Waals surface area contributed by atoms with Crippen molar-refractivity contribution in [1.82, 2.24) is 4.90 Å². The lowest BCUT2D eigenvalue weighted by Gasteiger charge is -2.22. The van der Waals surface area contributed by atoms with Crippen molar-refractivity contribution in [2.24, 2.45) is 5.92 Å². The van der Waals surface area contributed by atoms with Crippen LogP contribution >= 0.6 is 0 Å². The molecule has 0 atom stereocenters. The van der Waals surface area contributed by atoms with Crippen LogP contribution in [0.4, 0.5) is 4.39 Å². The smallest absolute Gasteiger partial charge is 0.317 e. The molecule has 0 unspecified atom stereocenters. The Hall–Kier alpha value is -1.62. The zero-order chi connectivity index (χ0) is 13.7. The van der Waals surface area contributed by atoms with Crippen LogP contribution in [0.15, 0.2) is 18.2 Å². The van der Waals surface area contributed by atoms with E-state index in [9.17, 15) is 9.18 Å². The lowest BCUT2D eigenvalue weighted by atomic mass is 10.1. The third-order valence-corrected chi connectivity index (χ3v) is 2.40. The van der Waals surface area contributed by atoms with Crippen molar-refractivity contribution in [3.05, 3.63) is 29.6 Å². The predicted molar refractivity (Wildman–Crippen MR) is 65.8 cm³/mol. The van der Waals surface area contributed by atoms with Gasteiger partial charge in [0.2, 0.25) is 0 Å². The lowest BCUT2D eigenvalue weighted by Crippen LogP contribution is -2.32. The Morgan fingerprint density at radius 1 is 1.44 bits per heavy atom. The van der Waals surface area contributed by atoms with Gasteiger partial charge in [0, 0.05) is 13.1 Å². The molecule has 0 aromatic heterocycles. The van der Waals surface area contributed by atoms with E-state index in [0.717, 1.165) is 0 Å². The Bertz CT molecular complexity index is 421. The molecule has 1 aromatic carbocycles. The summed E-state index contributed by atoms with van der Waals surface area (Å²) in [6.45, 7) is 4.87. The summed E-state index contributed by atoms with van der Waals surface area (Å²) in [4.78, 5) is 12.5. The van der Waals surface area contributed by atoms with Crippen LogP contribution in [0, 0.1) is 11.7 Å². The molecule has 100 valence electrons. The highest BCUT2D eigenvalue weighted by Gasteiger charge is 2.13. The summed E-state index contributed by atoms with van der Waals surface area (Å²) in [7, 11) is 0. The first-order valence-corrected chi connectivity index (χ1v) is 5.80. The van der Waals surface area contributed by atoms with Crippen LogP contribution in [-0.4, -0.2) is 34.2 Å². The fraction of sp³-hybridized carbons (Fsp3) is 0.462. The van der Waals surface area contributed by atoms with Crippen molar-refractivity contribution in [2.45, 2.75) is 20.4 Å². The number of carboxylic acids is 1. The van der Waals surface area contributed by atoms with Crippen molar-refractivity contribution in [2.75, 3.05) is 13.1 Å². The fourth-order valence-electron chi connectivity index (χ4n) is 1.80. The molecule has 0 saturated heterocycles. The van der Waals surface area contributed by atoms with Gasteiger partial charge in [-0.15, -0.1) is 0 Å². The van der Waals surface area contributed by atoms with Crippen molar-refractivity contribution in [3.63, 3.8) is 0 Å². The number of hydrogen-bond acceptors (Lipinski definition) is 3. The fourth-order valence-corrected chi connectivity index (χ4v) is 1.80. The van der Waals surface area contributed by atoms with E-state index in [2.05, 4.69) is 0 Å². The lowest BCUT2D eigenvalue weighted by molar-refractivity contribution is -0.138. The number of hydrogen-bond donors (Lipinski definition) is 2. The molecule has 2 N–H and O–H groups in total. The molecule has 0 heterocycles. The Morgan fingerprint density at radius 2 is 2.11 bits per heavy atom. The van der Waals surface area contributed by atoms with Crippen molar-refractivity contribution in [3.8, 4) is 5.75 Å².